The number of aromatic amines is 1. The second kappa shape index (κ2) is 6.76. The predicted molar refractivity (Wildman–Crippen MR) is 95.3 cm³/mol. The van der Waals surface area contributed by atoms with Gasteiger partial charge in [0.15, 0.2) is 0 Å². The third-order valence-electron chi connectivity index (χ3n) is 3.58. The van der Waals surface area contributed by atoms with Crippen molar-refractivity contribution in [2.45, 2.75) is 13.5 Å². The predicted octanol–water partition coefficient (Wildman–Crippen LogP) is 3.44. The van der Waals surface area contributed by atoms with Crippen LogP contribution in [0.3, 0.4) is 0 Å². The first-order valence-corrected chi connectivity index (χ1v) is 7.81. The minimum Gasteiger partial charge on any atom is -0.324 e. The van der Waals surface area contributed by atoms with Crippen LogP contribution in [0.2, 0.25) is 5.02 Å². The Morgan fingerprint density at radius 1 is 1.12 bits per heavy atom. The Kier molecular flexibility index (Phi) is 4.53. The number of hydrogen-bond donors (Lipinski definition) is 2. The molecule has 6 heteroatoms. The van der Waals surface area contributed by atoms with E-state index in [9.17, 15) is 9.59 Å². The highest BCUT2D eigenvalue weighted by molar-refractivity contribution is 6.30. The van der Waals surface area contributed by atoms with Crippen LogP contribution >= 0.6 is 11.6 Å². The van der Waals surface area contributed by atoms with E-state index in [0.717, 1.165) is 11.1 Å². The Hall–Kier alpha value is -2.79. The van der Waals surface area contributed by atoms with Crippen LogP contribution in [0.5, 0.6) is 0 Å². The summed E-state index contributed by atoms with van der Waals surface area (Å²) in [6, 6.07) is 16.1. The fourth-order valence-corrected chi connectivity index (χ4v) is 2.44. The maximum absolute atomic E-state index is 12.1. The van der Waals surface area contributed by atoms with Crippen LogP contribution in [0, 0.1) is 6.92 Å². The zero-order valence-corrected chi connectivity index (χ0v) is 13.8. The lowest BCUT2D eigenvalue weighted by Gasteiger charge is -2.06. The third-order valence-corrected chi connectivity index (χ3v) is 3.83. The van der Waals surface area contributed by atoms with Crippen molar-refractivity contribution < 1.29 is 4.79 Å². The molecule has 1 heterocycles. The number of carbonyl (C=O) groups is 1. The number of benzene rings is 2. The SMILES string of the molecule is Cc1ccc(-c2cc(=O)n(CC(=O)Nc3ccc(Cl)cc3)[nH]2)cc1. The molecular weight excluding hydrogens is 326 g/mol. The first-order chi connectivity index (χ1) is 11.5. The molecule has 0 aliphatic rings. The van der Waals surface area contributed by atoms with Crippen LogP contribution in [0.4, 0.5) is 5.69 Å². The second-order valence-corrected chi connectivity index (χ2v) is 5.95. The molecule has 0 spiro atoms. The Morgan fingerprint density at radius 2 is 1.79 bits per heavy atom. The molecular formula is C18H16ClN3O2. The van der Waals surface area contributed by atoms with Crippen LogP contribution < -0.4 is 10.9 Å². The summed E-state index contributed by atoms with van der Waals surface area (Å²) in [5.41, 5.74) is 3.09. The summed E-state index contributed by atoms with van der Waals surface area (Å²) in [6.07, 6.45) is 0. The molecule has 0 unspecified atom stereocenters. The molecule has 0 fully saturated rings. The quantitative estimate of drug-likeness (QED) is 0.763. The highest BCUT2D eigenvalue weighted by atomic mass is 35.5. The lowest BCUT2D eigenvalue weighted by molar-refractivity contribution is -0.116. The highest BCUT2D eigenvalue weighted by Crippen LogP contribution is 2.16. The summed E-state index contributed by atoms with van der Waals surface area (Å²) in [4.78, 5) is 24.1. The van der Waals surface area contributed by atoms with Gasteiger partial charge in [-0.15, -0.1) is 0 Å². The van der Waals surface area contributed by atoms with Crippen molar-refractivity contribution in [1.29, 1.82) is 0 Å². The van der Waals surface area contributed by atoms with Gasteiger partial charge in [0.05, 0.1) is 5.69 Å². The summed E-state index contributed by atoms with van der Waals surface area (Å²) < 4.78 is 1.28. The van der Waals surface area contributed by atoms with E-state index >= 15 is 0 Å². The number of H-pyrrole nitrogens is 1. The molecule has 0 radical (unpaired) electrons. The molecule has 24 heavy (non-hydrogen) atoms. The van der Waals surface area contributed by atoms with Crippen molar-refractivity contribution in [1.82, 2.24) is 9.78 Å². The van der Waals surface area contributed by atoms with Gasteiger partial charge in [0.2, 0.25) is 5.91 Å². The Balaban J connectivity index is 1.73. The molecule has 2 N–H and O–H groups in total. The Bertz CT molecular complexity index is 909. The molecule has 0 saturated heterocycles. The smallest absolute Gasteiger partial charge is 0.267 e. The number of rotatable bonds is 4. The lowest BCUT2D eigenvalue weighted by atomic mass is 10.1. The van der Waals surface area contributed by atoms with E-state index in [0.29, 0.717) is 16.4 Å². The summed E-state index contributed by atoms with van der Waals surface area (Å²) in [7, 11) is 0. The molecule has 0 bridgehead atoms. The molecule has 1 amide bonds. The molecule has 1 aromatic heterocycles. The number of hydrogen-bond acceptors (Lipinski definition) is 2. The fraction of sp³-hybridized carbons (Fsp3) is 0.111. The van der Waals surface area contributed by atoms with Crippen molar-refractivity contribution in [3.8, 4) is 11.3 Å². The maximum Gasteiger partial charge on any atom is 0.267 e. The highest BCUT2D eigenvalue weighted by Gasteiger charge is 2.09. The zero-order valence-electron chi connectivity index (χ0n) is 13.0. The number of aromatic nitrogens is 2. The van der Waals surface area contributed by atoms with Crippen LogP contribution in [0.25, 0.3) is 11.3 Å². The number of nitrogens with one attached hydrogen (secondary N) is 2. The van der Waals surface area contributed by atoms with Crippen molar-refractivity contribution >= 4 is 23.2 Å². The van der Waals surface area contributed by atoms with Crippen LogP contribution in [-0.4, -0.2) is 15.7 Å². The molecule has 5 nitrogen and oxygen atoms in total. The summed E-state index contributed by atoms with van der Waals surface area (Å²) in [6.45, 7) is 1.91. The van der Waals surface area contributed by atoms with E-state index in [-0.39, 0.29) is 18.0 Å². The van der Waals surface area contributed by atoms with Crippen molar-refractivity contribution in [3.63, 3.8) is 0 Å². The minimum absolute atomic E-state index is 0.0900. The van der Waals surface area contributed by atoms with Crippen LogP contribution in [0.1, 0.15) is 5.56 Å². The number of nitrogens with zero attached hydrogens (tertiary/aromatic N) is 1. The fourth-order valence-electron chi connectivity index (χ4n) is 2.31. The van der Waals surface area contributed by atoms with Gasteiger partial charge in [-0.25, -0.2) is 4.68 Å². The van der Waals surface area contributed by atoms with Gasteiger partial charge >= 0.3 is 0 Å². The molecule has 0 atom stereocenters. The summed E-state index contributed by atoms with van der Waals surface area (Å²) in [5, 5.41) is 6.28. The average Bonchev–Trinajstić information content (AvgIpc) is 2.91. The first kappa shape index (κ1) is 16.1. The van der Waals surface area contributed by atoms with Crippen LogP contribution in [0.15, 0.2) is 59.4 Å². The van der Waals surface area contributed by atoms with Gasteiger partial charge < -0.3 is 5.32 Å². The number of amides is 1. The van der Waals surface area contributed by atoms with Gasteiger partial charge in [-0.3, -0.25) is 14.7 Å². The molecule has 0 aliphatic carbocycles. The molecule has 2 aromatic carbocycles. The van der Waals surface area contributed by atoms with Gasteiger partial charge in [-0.05, 0) is 36.8 Å². The van der Waals surface area contributed by atoms with Gasteiger partial charge in [-0.2, -0.15) is 0 Å². The number of carbonyl (C=O) groups excluding carboxylic acids is 1. The van der Waals surface area contributed by atoms with Crippen molar-refractivity contribution in [3.05, 3.63) is 75.5 Å². The van der Waals surface area contributed by atoms with Gasteiger partial charge in [0, 0.05) is 16.8 Å². The zero-order chi connectivity index (χ0) is 17.1. The molecule has 122 valence electrons. The second-order valence-electron chi connectivity index (χ2n) is 5.52. The monoisotopic (exact) mass is 341 g/mol. The topological polar surface area (TPSA) is 66.9 Å². The van der Waals surface area contributed by atoms with E-state index in [4.69, 9.17) is 11.6 Å². The normalized spacial score (nSPS) is 10.6. The molecule has 0 saturated carbocycles. The number of anilines is 1. The van der Waals surface area contributed by atoms with E-state index in [1.807, 2.05) is 31.2 Å². The van der Waals surface area contributed by atoms with Gasteiger partial charge in [0.25, 0.3) is 5.56 Å². The minimum atomic E-state index is -0.295. The van der Waals surface area contributed by atoms with E-state index in [1.54, 1.807) is 24.3 Å². The average molecular weight is 342 g/mol. The van der Waals surface area contributed by atoms with E-state index in [1.165, 1.54) is 10.7 Å². The Labute approximate surface area is 143 Å². The molecule has 3 rings (SSSR count). The van der Waals surface area contributed by atoms with Crippen molar-refractivity contribution in [2.24, 2.45) is 0 Å². The van der Waals surface area contributed by atoms with Gasteiger partial charge in [-0.1, -0.05) is 41.4 Å². The van der Waals surface area contributed by atoms with Crippen LogP contribution in [-0.2, 0) is 11.3 Å². The standard InChI is InChI=1S/C18H16ClN3O2/c1-12-2-4-13(5-3-12)16-10-18(24)22(21-16)11-17(23)20-15-8-6-14(19)7-9-15/h2-10,21H,11H2,1H3,(H,20,23). The van der Waals surface area contributed by atoms with E-state index < -0.39 is 0 Å². The van der Waals surface area contributed by atoms with Crippen molar-refractivity contribution in [2.75, 3.05) is 5.32 Å². The third kappa shape index (κ3) is 3.75. The summed E-state index contributed by atoms with van der Waals surface area (Å²) >= 11 is 5.81. The Morgan fingerprint density at radius 3 is 2.46 bits per heavy atom. The first-order valence-electron chi connectivity index (χ1n) is 7.43. The summed E-state index contributed by atoms with van der Waals surface area (Å²) in [5.74, 6) is -0.295. The molecule has 0 aliphatic heterocycles. The number of halogens is 1. The number of aryl methyl sites for hydroxylation is 1. The van der Waals surface area contributed by atoms with E-state index in [2.05, 4.69) is 10.4 Å². The lowest BCUT2D eigenvalue weighted by Crippen LogP contribution is -2.25. The van der Waals surface area contributed by atoms with Gasteiger partial charge in [0.1, 0.15) is 6.54 Å². The largest absolute Gasteiger partial charge is 0.324 e. The maximum atomic E-state index is 12.1. The molecule has 3 aromatic rings.